The molecule has 0 aromatic rings. The summed E-state index contributed by atoms with van der Waals surface area (Å²) in [4.78, 5) is 14.8. The Morgan fingerprint density at radius 3 is 2.50 bits per heavy atom. The standard InChI is InChI=1S/C14H28N2O2/c1-4-12(2)16(9-10-18-3)13(17)14(11-15)7-5-6-8-14/h12H,4-11,15H2,1-3H3. The highest BCUT2D eigenvalue weighted by atomic mass is 16.5. The lowest BCUT2D eigenvalue weighted by molar-refractivity contribution is -0.144. The minimum atomic E-state index is -0.294. The molecule has 1 atom stereocenters. The fourth-order valence-corrected chi connectivity index (χ4v) is 2.79. The molecule has 0 spiro atoms. The molecular formula is C14H28N2O2. The number of carbonyl (C=O) groups excluding carboxylic acids is 1. The summed E-state index contributed by atoms with van der Waals surface area (Å²) in [5.74, 6) is 0.244. The van der Waals surface area contributed by atoms with Crippen LogP contribution in [0, 0.1) is 5.41 Å². The largest absolute Gasteiger partial charge is 0.383 e. The van der Waals surface area contributed by atoms with Crippen LogP contribution in [-0.2, 0) is 9.53 Å². The smallest absolute Gasteiger partial charge is 0.230 e. The molecule has 1 fully saturated rings. The highest BCUT2D eigenvalue weighted by Gasteiger charge is 2.42. The number of hydrogen-bond acceptors (Lipinski definition) is 3. The van der Waals surface area contributed by atoms with E-state index in [1.54, 1.807) is 7.11 Å². The van der Waals surface area contributed by atoms with Crippen LogP contribution in [0.15, 0.2) is 0 Å². The van der Waals surface area contributed by atoms with E-state index in [2.05, 4.69) is 13.8 Å². The molecule has 18 heavy (non-hydrogen) atoms. The summed E-state index contributed by atoms with van der Waals surface area (Å²) in [6.07, 6.45) is 5.11. The predicted molar refractivity (Wildman–Crippen MR) is 73.3 cm³/mol. The predicted octanol–water partition coefficient (Wildman–Crippen LogP) is 1.78. The Kier molecular flexibility index (Phi) is 6.09. The highest BCUT2D eigenvalue weighted by molar-refractivity contribution is 5.83. The fraction of sp³-hybridized carbons (Fsp3) is 0.929. The maximum Gasteiger partial charge on any atom is 0.230 e. The van der Waals surface area contributed by atoms with Crippen LogP contribution in [0.4, 0.5) is 0 Å². The van der Waals surface area contributed by atoms with Gasteiger partial charge >= 0.3 is 0 Å². The summed E-state index contributed by atoms with van der Waals surface area (Å²) in [6.45, 7) is 5.96. The van der Waals surface area contributed by atoms with E-state index >= 15 is 0 Å². The maximum absolute atomic E-state index is 12.8. The summed E-state index contributed by atoms with van der Waals surface area (Å²) < 4.78 is 5.12. The monoisotopic (exact) mass is 256 g/mol. The van der Waals surface area contributed by atoms with Crippen molar-refractivity contribution in [1.82, 2.24) is 4.90 Å². The van der Waals surface area contributed by atoms with Crippen molar-refractivity contribution in [1.29, 1.82) is 0 Å². The van der Waals surface area contributed by atoms with Gasteiger partial charge in [0, 0.05) is 26.2 Å². The first-order chi connectivity index (χ1) is 8.61. The van der Waals surface area contributed by atoms with Crippen LogP contribution in [0.25, 0.3) is 0 Å². The van der Waals surface area contributed by atoms with Gasteiger partial charge in [-0.15, -0.1) is 0 Å². The van der Waals surface area contributed by atoms with Gasteiger partial charge in [0.25, 0.3) is 0 Å². The Morgan fingerprint density at radius 1 is 1.44 bits per heavy atom. The molecule has 0 bridgehead atoms. The van der Waals surface area contributed by atoms with Gasteiger partial charge in [-0.2, -0.15) is 0 Å². The fourth-order valence-electron chi connectivity index (χ4n) is 2.79. The van der Waals surface area contributed by atoms with E-state index in [0.717, 1.165) is 32.1 Å². The first-order valence-corrected chi connectivity index (χ1v) is 7.11. The van der Waals surface area contributed by atoms with Gasteiger partial charge in [0.15, 0.2) is 0 Å². The van der Waals surface area contributed by atoms with Crippen LogP contribution in [0.5, 0.6) is 0 Å². The number of carbonyl (C=O) groups is 1. The van der Waals surface area contributed by atoms with Crippen molar-refractivity contribution in [3.8, 4) is 0 Å². The molecule has 4 nitrogen and oxygen atoms in total. The lowest BCUT2D eigenvalue weighted by Crippen LogP contribution is -2.50. The number of amides is 1. The van der Waals surface area contributed by atoms with Crippen LogP contribution in [0.3, 0.4) is 0 Å². The lowest BCUT2D eigenvalue weighted by atomic mass is 9.84. The van der Waals surface area contributed by atoms with Crippen LogP contribution in [0.1, 0.15) is 46.0 Å². The van der Waals surface area contributed by atoms with Crippen molar-refractivity contribution in [3.05, 3.63) is 0 Å². The molecule has 1 aliphatic carbocycles. The molecule has 0 aromatic heterocycles. The molecule has 0 heterocycles. The SMILES string of the molecule is CCC(C)N(CCOC)C(=O)C1(CN)CCCC1. The van der Waals surface area contributed by atoms with Gasteiger partial charge in [0.1, 0.15) is 0 Å². The van der Waals surface area contributed by atoms with Gasteiger partial charge < -0.3 is 15.4 Å². The molecule has 1 rings (SSSR count). The van der Waals surface area contributed by atoms with Crippen molar-refractivity contribution in [2.45, 2.75) is 52.0 Å². The van der Waals surface area contributed by atoms with Crippen molar-refractivity contribution in [2.75, 3.05) is 26.8 Å². The quantitative estimate of drug-likeness (QED) is 0.755. The minimum absolute atomic E-state index is 0.244. The molecule has 1 amide bonds. The Bertz CT molecular complexity index is 263. The van der Waals surface area contributed by atoms with Gasteiger partial charge in [0.2, 0.25) is 5.91 Å². The zero-order valence-electron chi connectivity index (χ0n) is 12.1. The summed E-state index contributed by atoms with van der Waals surface area (Å²) in [5, 5.41) is 0. The third kappa shape index (κ3) is 3.23. The number of methoxy groups -OCH3 is 1. The van der Waals surface area contributed by atoms with Crippen molar-refractivity contribution >= 4 is 5.91 Å². The summed E-state index contributed by atoms with van der Waals surface area (Å²) >= 11 is 0. The summed E-state index contributed by atoms with van der Waals surface area (Å²) in [6, 6.07) is 0.261. The first-order valence-electron chi connectivity index (χ1n) is 7.11. The van der Waals surface area contributed by atoms with E-state index in [1.807, 2.05) is 4.90 Å². The molecule has 0 aromatic carbocycles. The minimum Gasteiger partial charge on any atom is -0.383 e. The number of nitrogens with zero attached hydrogens (tertiary/aromatic N) is 1. The zero-order chi connectivity index (χ0) is 13.6. The Labute approximate surface area is 111 Å². The maximum atomic E-state index is 12.8. The molecule has 0 saturated heterocycles. The van der Waals surface area contributed by atoms with E-state index in [4.69, 9.17) is 10.5 Å². The van der Waals surface area contributed by atoms with Gasteiger partial charge in [0.05, 0.1) is 12.0 Å². The van der Waals surface area contributed by atoms with E-state index in [9.17, 15) is 4.79 Å². The topological polar surface area (TPSA) is 55.6 Å². The molecular weight excluding hydrogens is 228 g/mol. The normalized spacial score (nSPS) is 19.8. The third-order valence-electron chi connectivity index (χ3n) is 4.33. The zero-order valence-corrected chi connectivity index (χ0v) is 12.1. The van der Waals surface area contributed by atoms with Crippen LogP contribution >= 0.6 is 0 Å². The molecule has 1 saturated carbocycles. The molecule has 0 radical (unpaired) electrons. The van der Waals surface area contributed by atoms with Crippen molar-refractivity contribution in [2.24, 2.45) is 11.1 Å². The molecule has 1 aliphatic rings. The van der Waals surface area contributed by atoms with Crippen LogP contribution in [-0.4, -0.2) is 43.7 Å². The molecule has 0 aliphatic heterocycles. The number of ether oxygens (including phenoxy) is 1. The molecule has 2 N–H and O–H groups in total. The molecule has 4 heteroatoms. The van der Waals surface area contributed by atoms with Crippen LogP contribution in [0.2, 0.25) is 0 Å². The number of nitrogens with two attached hydrogens (primary N) is 1. The van der Waals surface area contributed by atoms with Gasteiger partial charge in [-0.25, -0.2) is 0 Å². The Hall–Kier alpha value is -0.610. The number of rotatable bonds is 7. The summed E-state index contributed by atoms with van der Waals surface area (Å²) in [5.41, 5.74) is 5.60. The average molecular weight is 256 g/mol. The van der Waals surface area contributed by atoms with Gasteiger partial charge in [-0.1, -0.05) is 19.8 Å². The summed E-state index contributed by atoms with van der Waals surface area (Å²) in [7, 11) is 1.67. The molecule has 106 valence electrons. The highest BCUT2D eigenvalue weighted by Crippen LogP contribution is 2.39. The lowest BCUT2D eigenvalue weighted by Gasteiger charge is -2.37. The van der Waals surface area contributed by atoms with Gasteiger partial charge in [-0.05, 0) is 26.2 Å². The second kappa shape index (κ2) is 7.10. The Morgan fingerprint density at radius 2 is 2.06 bits per heavy atom. The second-order valence-corrected chi connectivity index (χ2v) is 5.44. The second-order valence-electron chi connectivity index (χ2n) is 5.44. The average Bonchev–Trinajstić information content (AvgIpc) is 2.88. The Balaban J connectivity index is 2.79. The van der Waals surface area contributed by atoms with E-state index in [-0.39, 0.29) is 17.4 Å². The first kappa shape index (κ1) is 15.4. The van der Waals surface area contributed by atoms with E-state index in [0.29, 0.717) is 19.7 Å². The number of hydrogen-bond donors (Lipinski definition) is 1. The van der Waals surface area contributed by atoms with Crippen molar-refractivity contribution in [3.63, 3.8) is 0 Å². The third-order valence-corrected chi connectivity index (χ3v) is 4.33. The van der Waals surface area contributed by atoms with E-state index in [1.165, 1.54) is 0 Å². The van der Waals surface area contributed by atoms with Crippen LogP contribution < -0.4 is 5.73 Å². The van der Waals surface area contributed by atoms with Gasteiger partial charge in [-0.3, -0.25) is 4.79 Å². The van der Waals surface area contributed by atoms with Crippen molar-refractivity contribution < 1.29 is 9.53 Å². The van der Waals surface area contributed by atoms with E-state index < -0.39 is 0 Å². The molecule has 1 unspecified atom stereocenters.